The Hall–Kier alpha value is -2.50. The highest BCUT2D eigenvalue weighted by molar-refractivity contribution is 7.86. The molecule has 0 spiro atoms. The maximum atomic E-state index is 13.5. The van der Waals surface area contributed by atoms with E-state index >= 15 is 0 Å². The first-order chi connectivity index (χ1) is 16.1. The lowest BCUT2D eigenvalue weighted by atomic mass is 9.96. The number of nitrogens with zero attached hydrogens (tertiary/aromatic N) is 3. The molecule has 3 rings (SSSR count). The Bertz CT molecular complexity index is 1090. The van der Waals surface area contributed by atoms with Crippen molar-refractivity contribution in [3.8, 4) is 0 Å². The molecule has 1 aromatic heterocycles. The monoisotopic (exact) mass is 509 g/mol. The third kappa shape index (κ3) is 5.59. The van der Waals surface area contributed by atoms with Gasteiger partial charge in [-0.25, -0.2) is 9.78 Å². The average molecular weight is 510 g/mol. The molecular formula is C23H31N3O6S2. The van der Waals surface area contributed by atoms with Crippen molar-refractivity contribution in [3.05, 3.63) is 41.4 Å². The normalized spacial score (nSPS) is 19.3. The highest BCUT2D eigenvalue weighted by atomic mass is 32.2. The number of aryl methyl sites for hydroxylation is 1. The summed E-state index contributed by atoms with van der Waals surface area (Å²) in [5.74, 6) is -1.48. The SMILES string of the molecule is COC(=O)[C@H](C(C)C)N(C)C(=O)[C@H]1CCN(c2nccs2)[C@@H]1COS(=O)(=O)c1ccc(C)cc1. The van der Waals surface area contributed by atoms with Gasteiger partial charge in [-0.05, 0) is 31.4 Å². The second-order valence-electron chi connectivity index (χ2n) is 8.68. The first kappa shape index (κ1) is 26.1. The van der Waals surface area contributed by atoms with Crippen LogP contribution in [0.2, 0.25) is 0 Å². The summed E-state index contributed by atoms with van der Waals surface area (Å²) in [4.78, 5) is 33.6. The predicted octanol–water partition coefficient (Wildman–Crippen LogP) is 2.71. The van der Waals surface area contributed by atoms with Crippen LogP contribution in [0.1, 0.15) is 25.8 Å². The Kier molecular flexibility index (Phi) is 8.32. The zero-order valence-corrected chi connectivity index (χ0v) is 21.6. The quantitative estimate of drug-likeness (QED) is 0.375. The lowest BCUT2D eigenvalue weighted by molar-refractivity contribution is -0.155. The van der Waals surface area contributed by atoms with E-state index in [1.807, 2.05) is 31.1 Å². The molecule has 9 nitrogen and oxygen atoms in total. The maximum Gasteiger partial charge on any atom is 0.328 e. The van der Waals surface area contributed by atoms with Crippen LogP contribution in [-0.4, -0.2) is 69.6 Å². The fraction of sp³-hybridized carbons (Fsp3) is 0.522. The summed E-state index contributed by atoms with van der Waals surface area (Å²) in [7, 11) is -1.14. The van der Waals surface area contributed by atoms with E-state index < -0.39 is 34.1 Å². The minimum Gasteiger partial charge on any atom is -0.467 e. The smallest absolute Gasteiger partial charge is 0.328 e. The van der Waals surface area contributed by atoms with Gasteiger partial charge in [0, 0.05) is 25.2 Å². The van der Waals surface area contributed by atoms with Crippen molar-refractivity contribution in [1.29, 1.82) is 0 Å². The van der Waals surface area contributed by atoms with Crippen molar-refractivity contribution in [2.45, 2.75) is 44.2 Å². The lowest BCUT2D eigenvalue weighted by Crippen LogP contribution is -2.51. The van der Waals surface area contributed by atoms with Crippen molar-refractivity contribution in [2.75, 3.05) is 32.2 Å². The number of hydrogen-bond donors (Lipinski definition) is 0. The molecule has 1 saturated heterocycles. The second-order valence-corrected chi connectivity index (χ2v) is 11.2. The van der Waals surface area contributed by atoms with E-state index in [2.05, 4.69) is 4.98 Å². The molecule has 1 amide bonds. The number of methoxy groups -OCH3 is 1. The molecule has 1 aliphatic rings. The fourth-order valence-electron chi connectivity index (χ4n) is 4.27. The van der Waals surface area contributed by atoms with Crippen LogP contribution in [0, 0.1) is 18.8 Å². The zero-order chi connectivity index (χ0) is 25.0. The maximum absolute atomic E-state index is 13.5. The minimum atomic E-state index is -4.02. The number of carbonyl (C=O) groups excluding carboxylic acids is 2. The first-order valence-electron chi connectivity index (χ1n) is 11.0. The molecule has 1 fully saturated rings. The largest absolute Gasteiger partial charge is 0.467 e. The average Bonchev–Trinajstić information content (AvgIpc) is 3.46. The molecule has 0 saturated carbocycles. The van der Waals surface area contributed by atoms with Gasteiger partial charge in [0.05, 0.1) is 30.6 Å². The zero-order valence-electron chi connectivity index (χ0n) is 20.0. The Labute approximate surface area is 204 Å². The highest BCUT2D eigenvalue weighted by Crippen LogP contribution is 2.34. The molecule has 3 atom stereocenters. The summed E-state index contributed by atoms with van der Waals surface area (Å²) in [6.45, 7) is 5.85. The molecule has 0 bridgehead atoms. The molecule has 2 heterocycles. The molecule has 1 aliphatic heterocycles. The van der Waals surface area contributed by atoms with Gasteiger partial charge in [-0.15, -0.1) is 11.3 Å². The molecule has 186 valence electrons. The molecule has 0 unspecified atom stereocenters. The highest BCUT2D eigenvalue weighted by Gasteiger charge is 2.44. The van der Waals surface area contributed by atoms with Crippen molar-refractivity contribution in [3.63, 3.8) is 0 Å². The molecule has 1 aromatic carbocycles. The van der Waals surface area contributed by atoms with Gasteiger partial charge in [0.1, 0.15) is 6.04 Å². The number of ether oxygens (including phenoxy) is 1. The summed E-state index contributed by atoms with van der Waals surface area (Å²) in [5, 5.41) is 2.51. The Balaban J connectivity index is 1.85. The van der Waals surface area contributed by atoms with Crippen LogP contribution < -0.4 is 4.90 Å². The Morgan fingerprint density at radius 2 is 1.94 bits per heavy atom. The van der Waals surface area contributed by atoms with Gasteiger partial charge in [-0.1, -0.05) is 31.5 Å². The number of esters is 1. The van der Waals surface area contributed by atoms with Crippen LogP contribution in [-0.2, 0) is 28.6 Å². The summed E-state index contributed by atoms with van der Waals surface area (Å²) in [5.41, 5.74) is 0.934. The van der Waals surface area contributed by atoms with Crippen LogP contribution in [0.15, 0.2) is 40.7 Å². The third-order valence-electron chi connectivity index (χ3n) is 6.07. The van der Waals surface area contributed by atoms with Crippen molar-refractivity contribution in [2.24, 2.45) is 11.8 Å². The van der Waals surface area contributed by atoms with Crippen molar-refractivity contribution in [1.82, 2.24) is 9.88 Å². The number of hydrogen-bond acceptors (Lipinski definition) is 9. The molecule has 11 heteroatoms. The van der Waals surface area contributed by atoms with E-state index in [1.165, 1.54) is 35.5 Å². The summed E-state index contributed by atoms with van der Waals surface area (Å²) in [6.07, 6.45) is 2.14. The van der Waals surface area contributed by atoms with Gasteiger partial charge >= 0.3 is 5.97 Å². The van der Waals surface area contributed by atoms with Gasteiger partial charge in [-0.3, -0.25) is 8.98 Å². The molecule has 0 N–H and O–H groups in total. The second kappa shape index (κ2) is 10.8. The number of anilines is 1. The number of aromatic nitrogens is 1. The Morgan fingerprint density at radius 3 is 2.50 bits per heavy atom. The summed E-state index contributed by atoms with van der Waals surface area (Å²) < 4.78 is 36.0. The van der Waals surface area contributed by atoms with Crippen LogP contribution in [0.4, 0.5) is 5.13 Å². The molecule has 34 heavy (non-hydrogen) atoms. The topological polar surface area (TPSA) is 106 Å². The number of thiazole rings is 1. The minimum absolute atomic E-state index is 0.0578. The van der Waals surface area contributed by atoms with Crippen LogP contribution >= 0.6 is 11.3 Å². The predicted molar refractivity (Wildman–Crippen MR) is 129 cm³/mol. The Morgan fingerprint density at radius 1 is 1.26 bits per heavy atom. The van der Waals surface area contributed by atoms with Gasteiger partial charge in [0.25, 0.3) is 10.1 Å². The van der Waals surface area contributed by atoms with Crippen molar-refractivity contribution < 1.29 is 26.9 Å². The van der Waals surface area contributed by atoms with E-state index in [0.29, 0.717) is 18.1 Å². The van der Waals surface area contributed by atoms with Crippen LogP contribution in [0.3, 0.4) is 0 Å². The molecule has 0 radical (unpaired) electrons. The van der Waals surface area contributed by atoms with E-state index in [9.17, 15) is 18.0 Å². The standard InChI is InChI=1S/C23H31N3O6S2/c1-15(2)20(22(28)31-5)25(4)21(27)18-10-12-26(23-24-11-13-33-23)19(18)14-32-34(29,30)17-8-6-16(3)7-9-17/h6-9,11,13,15,18-20H,10,12,14H2,1-5H3/t18-,19+,20-/m0/s1. The van der Waals surface area contributed by atoms with E-state index in [1.54, 1.807) is 25.4 Å². The number of carbonyl (C=O) groups is 2. The van der Waals surface area contributed by atoms with Crippen LogP contribution in [0.25, 0.3) is 0 Å². The molecule has 0 aliphatic carbocycles. The summed E-state index contributed by atoms with van der Waals surface area (Å²) >= 11 is 1.41. The van der Waals surface area contributed by atoms with Gasteiger partial charge in [-0.2, -0.15) is 8.42 Å². The van der Waals surface area contributed by atoms with Gasteiger partial charge in [0.15, 0.2) is 5.13 Å². The number of likely N-dealkylation sites (N-methyl/N-ethyl adjacent to an activating group) is 1. The summed E-state index contributed by atoms with van der Waals surface area (Å²) in [6, 6.07) is 5.09. The van der Waals surface area contributed by atoms with Crippen LogP contribution in [0.5, 0.6) is 0 Å². The number of benzene rings is 1. The van der Waals surface area contributed by atoms with E-state index in [0.717, 1.165) is 5.56 Å². The molecular weight excluding hydrogens is 478 g/mol. The van der Waals surface area contributed by atoms with Crippen molar-refractivity contribution >= 4 is 38.5 Å². The lowest BCUT2D eigenvalue weighted by Gasteiger charge is -2.33. The number of rotatable bonds is 9. The van der Waals surface area contributed by atoms with Gasteiger partial charge < -0.3 is 14.5 Å². The third-order valence-corrected chi connectivity index (χ3v) is 8.18. The fourth-order valence-corrected chi connectivity index (χ4v) is 5.92. The number of amides is 1. The van der Waals surface area contributed by atoms with Gasteiger partial charge in [0.2, 0.25) is 5.91 Å². The van der Waals surface area contributed by atoms with E-state index in [-0.39, 0.29) is 23.3 Å². The molecule has 2 aromatic rings. The first-order valence-corrected chi connectivity index (χ1v) is 13.3. The van der Waals surface area contributed by atoms with E-state index in [4.69, 9.17) is 8.92 Å².